The predicted molar refractivity (Wildman–Crippen MR) is 96.4 cm³/mol. The molecule has 0 saturated heterocycles. The van der Waals surface area contributed by atoms with Crippen molar-refractivity contribution in [2.24, 2.45) is 0 Å². The Kier molecular flexibility index (Phi) is 4.63. The monoisotopic (exact) mass is 318 g/mol. The maximum Gasteiger partial charge on any atom is 0.194 e. The summed E-state index contributed by atoms with van der Waals surface area (Å²) in [4.78, 5) is 15.0. The van der Waals surface area contributed by atoms with Crippen molar-refractivity contribution >= 4 is 17.5 Å². The van der Waals surface area contributed by atoms with E-state index < -0.39 is 0 Å². The normalized spacial score (nSPS) is 10.5. The average molecular weight is 318 g/mol. The van der Waals surface area contributed by atoms with Crippen molar-refractivity contribution in [3.63, 3.8) is 0 Å². The topological polar surface area (TPSA) is 17.1 Å². The minimum absolute atomic E-state index is 0.0694. The summed E-state index contributed by atoms with van der Waals surface area (Å²) in [5, 5.41) is 0. The van der Waals surface area contributed by atoms with Crippen LogP contribution in [-0.2, 0) is 0 Å². The van der Waals surface area contributed by atoms with Crippen LogP contribution in [0.3, 0.4) is 0 Å². The van der Waals surface area contributed by atoms with Crippen molar-refractivity contribution in [1.29, 1.82) is 0 Å². The van der Waals surface area contributed by atoms with Gasteiger partial charge in [0.2, 0.25) is 0 Å². The van der Waals surface area contributed by atoms with E-state index in [1.54, 1.807) is 11.8 Å². The molecule has 0 N–H and O–H groups in total. The van der Waals surface area contributed by atoms with Gasteiger partial charge in [0.15, 0.2) is 5.78 Å². The number of carbonyl (C=O) groups excluding carboxylic acids is 1. The minimum Gasteiger partial charge on any atom is -0.289 e. The zero-order valence-corrected chi connectivity index (χ0v) is 14.1. The number of hydrogen-bond donors (Lipinski definition) is 0. The second-order valence-electron chi connectivity index (χ2n) is 5.51. The molecule has 0 saturated carbocycles. The molecule has 3 rings (SSSR count). The number of hydrogen-bond acceptors (Lipinski definition) is 2. The van der Waals surface area contributed by atoms with Gasteiger partial charge in [0.25, 0.3) is 0 Å². The highest BCUT2D eigenvalue weighted by Gasteiger charge is 2.15. The summed E-state index contributed by atoms with van der Waals surface area (Å²) in [6, 6.07) is 23.6. The lowest BCUT2D eigenvalue weighted by molar-refractivity contribution is 0.103. The molecule has 0 unspecified atom stereocenters. The lowest BCUT2D eigenvalue weighted by Gasteiger charge is -2.12. The van der Waals surface area contributed by atoms with Crippen molar-refractivity contribution in [1.82, 2.24) is 0 Å². The number of carbonyl (C=O) groups is 1. The van der Waals surface area contributed by atoms with Crippen molar-refractivity contribution in [2.45, 2.75) is 23.6 Å². The molecule has 0 amide bonds. The second-order valence-corrected chi connectivity index (χ2v) is 6.57. The lowest BCUT2D eigenvalue weighted by atomic mass is 10.0. The van der Waals surface area contributed by atoms with Gasteiger partial charge in [-0.3, -0.25) is 4.79 Å². The Morgan fingerprint density at radius 2 is 1.35 bits per heavy atom. The third-order valence-corrected chi connectivity index (χ3v) is 5.21. The van der Waals surface area contributed by atoms with E-state index >= 15 is 0 Å². The number of aryl methyl sites for hydroxylation is 2. The van der Waals surface area contributed by atoms with E-state index in [4.69, 9.17) is 0 Å². The van der Waals surface area contributed by atoms with Gasteiger partial charge in [-0.1, -0.05) is 72.4 Å². The van der Waals surface area contributed by atoms with Crippen molar-refractivity contribution < 1.29 is 4.79 Å². The molecule has 23 heavy (non-hydrogen) atoms. The fourth-order valence-electron chi connectivity index (χ4n) is 2.56. The Morgan fingerprint density at radius 1 is 0.739 bits per heavy atom. The molecule has 0 aromatic heterocycles. The summed E-state index contributed by atoms with van der Waals surface area (Å²) in [6.45, 7) is 4.22. The molecule has 0 spiro atoms. The van der Waals surface area contributed by atoms with Gasteiger partial charge in [-0.05, 0) is 37.1 Å². The Hall–Kier alpha value is -2.32. The molecule has 0 aliphatic heterocycles. The summed E-state index contributed by atoms with van der Waals surface area (Å²) in [7, 11) is 0. The van der Waals surface area contributed by atoms with E-state index in [0.29, 0.717) is 0 Å². The number of rotatable bonds is 4. The maximum absolute atomic E-state index is 12.8. The fraction of sp³-hybridized carbons (Fsp3) is 0.0952. The first-order valence-corrected chi connectivity index (χ1v) is 8.41. The van der Waals surface area contributed by atoms with Crippen LogP contribution in [0.1, 0.15) is 27.0 Å². The molecule has 2 heteroatoms. The van der Waals surface area contributed by atoms with Crippen molar-refractivity contribution in [2.75, 3.05) is 0 Å². The molecular formula is C21H18OS. The van der Waals surface area contributed by atoms with Gasteiger partial charge in [0.1, 0.15) is 0 Å². The first-order chi connectivity index (χ1) is 11.2. The van der Waals surface area contributed by atoms with Crippen molar-refractivity contribution in [3.05, 3.63) is 95.1 Å². The summed E-state index contributed by atoms with van der Waals surface area (Å²) >= 11 is 1.67. The molecule has 0 aliphatic carbocycles. The van der Waals surface area contributed by atoms with Gasteiger partial charge in [0, 0.05) is 20.9 Å². The molecule has 0 radical (unpaired) electrons. The molecule has 0 atom stereocenters. The van der Waals surface area contributed by atoms with Crippen LogP contribution in [0.25, 0.3) is 0 Å². The molecule has 0 aliphatic rings. The van der Waals surface area contributed by atoms with E-state index in [1.165, 1.54) is 16.0 Å². The summed E-state index contributed by atoms with van der Waals surface area (Å²) in [5.74, 6) is 0.0694. The quantitative estimate of drug-likeness (QED) is 0.575. The van der Waals surface area contributed by atoms with Gasteiger partial charge in [-0.25, -0.2) is 0 Å². The molecule has 3 aromatic carbocycles. The number of ketones is 1. The Bertz CT molecular complexity index is 817. The third kappa shape index (κ3) is 3.38. The van der Waals surface area contributed by atoms with Gasteiger partial charge in [-0.15, -0.1) is 0 Å². The molecular weight excluding hydrogens is 300 g/mol. The molecule has 3 aromatic rings. The van der Waals surface area contributed by atoms with Crippen LogP contribution in [-0.4, -0.2) is 5.78 Å². The van der Waals surface area contributed by atoms with Crippen LogP contribution in [0, 0.1) is 13.8 Å². The van der Waals surface area contributed by atoms with Gasteiger partial charge >= 0.3 is 0 Å². The summed E-state index contributed by atoms with van der Waals surface area (Å²) in [6.07, 6.45) is 0. The van der Waals surface area contributed by atoms with Crippen LogP contribution in [0.4, 0.5) is 0 Å². The summed E-state index contributed by atoms with van der Waals surface area (Å²) < 4.78 is 0. The van der Waals surface area contributed by atoms with E-state index in [9.17, 15) is 4.79 Å². The van der Waals surface area contributed by atoms with E-state index in [1.807, 2.05) is 54.6 Å². The highest BCUT2D eigenvalue weighted by Crippen LogP contribution is 2.35. The molecule has 114 valence electrons. The van der Waals surface area contributed by atoms with E-state index in [0.717, 1.165) is 16.0 Å². The van der Waals surface area contributed by atoms with Crippen LogP contribution in [0.5, 0.6) is 0 Å². The Labute approximate surface area is 141 Å². The first kappa shape index (κ1) is 15.6. The van der Waals surface area contributed by atoms with Crippen LogP contribution in [0.15, 0.2) is 82.6 Å². The van der Waals surface area contributed by atoms with Gasteiger partial charge in [0.05, 0.1) is 0 Å². The standard InChI is InChI=1S/C21H18OS/c1-15-9-8-10-16(2)21(15)23-19-14-7-6-13-18(19)20(22)17-11-4-3-5-12-17/h3-14H,1-2H3. The zero-order chi connectivity index (χ0) is 16.2. The van der Waals surface area contributed by atoms with E-state index in [2.05, 4.69) is 32.0 Å². The van der Waals surface area contributed by atoms with Crippen LogP contribution in [0.2, 0.25) is 0 Å². The molecule has 0 heterocycles. The highest BCUT2D eigenvalue weighted by molar-refractivity contribution is 7.99. The Balaban J connectivity index is 2.00. The average Bonchev–Trinajstić information content (AvgIpc) is 2.59. The molecule has 0 bridgehead atoms. The first-order valence-electron chi connectivity index (χ1n) is 7.59. The minimum atomic E-state index is 0.0694. The zero-order valence-electron chi connectivity index (χ0n) is 13.2. The van der Waals surface area contributed by atoms with Gasteiger partial charge in [-0.2, -0.15) is 0 Å². The smallest absolute Gasteiger partial charge is 0.194 e. The van der Waals surface area contributed by atoms with Crippen LogP contribution < -0.4 is 0 Å². The Morgan fingerprint density at radius 3 is 2.04 bits per heavy atom. The maximum atomic E-state index is 12.8. The largest absolute Gasteiger partial charge is 0.289 e. The SMILES string of the molecule is Cc1cccc(C)c1Sc1ccccc1C(=O)c1ccccc1. The number of benzene rings is 3. The van der Waals surface area contributed by atoms with E-state index in [-0.39, 0.29) is 5.78 Å². The van der Waals surface area contributed by atoms with Gasteiger partial charge < -0.3 is 0 Å². The second kappa shape index (κ2) is 6.84. The highest BCUT2D eigenvalue weighted by atomic mass is 32.2. The molecule has 0 fully saturated rings. The third-order valence-electron chi connectivity index (χ3n) is 3.79. The predicted octanol–water partition coefficient (Wildman–Crippen LogP) is 5.69. The lowest BCUT2D eigenvalue weighted by Crippen LogP contribution is -2.02. The fourth-order valence-corrected chi connectivity index (χ4v) is 3.65. The summed E-state index contributed by atoms with van der Waals surface area (Å²) in [5.41, 5.74) is 3.95. The van der Waals surface area contributed by atoms with Crippen molar-refractivity contribution in [3.8, 4) is 0 Å². The molecule has 1 nitrogen and oxygen atoms in total. The van der Waals surface area contributed by atoms with Crippen LogP contribution >= 0.6 is 11.8 Å².